The first-order valence-corrected chi connectivity index (χ1v) is 5.51. The third-order valence-electron chi connectivity index (χ3n) is 2.58. The molecule has 19 heavy (non-hydrogen) atoms. The number of hydrogen-bond donors (Lipinski definition) is 1. The van der Waals surface area contributed by atoms with Gasteiger partial charge in [-0.1, -0.05) is 0 Å². The van der Waals surface area contributed by atoms with Gasteiger partial charge in [-0.25, -0.2) is 4.39 Å². The van der Waals surface area contributed by atoms with Gasteiger partial charge in [0.05, 0.1) is 18.4 Å². The van der Waals surface area contributed by atoms with Gasteiger partial charge in [-0.05, 0) is 32.2 Å². The van der Waals surface area contributed by atoms with Crippen LogP contribution in [0.4, 0.5) is 4.39 Å². The van der Waals surface area contributed by atoms with Crippen molar-refractivity contribution in [3.8, 4) is 11.4 Å². The maximum Gasteiger partial charge on any atom is 0.141 e. The molecule has 0 radical (unpaired) electrons. The van der Waals surface area contributed by atoms with Crippen LogP contribution in [0.15, 0.2) is 30.6 Å². The molecule has 0 fully saturated rings. The zero-order valence-electron chi connectivity index (χ0n) is 10.7. The topological polar surface area (TPSA) is 42.7 Å². The van der Waals surface area contributed by atoms with Crippen LogP contribution >= 0.6 is 24.8 Å². The number of likely N-dealkylation sites (N-methyl/N-ethyl adjacent to an activating group) is 1. The predicted octanol–water partition coefficient (Wildman–Crippen LogP) is 2.54. The Morgan fingerprint density at radius 3 is 2.58 bits per heavy atom. The van der Waals surface area contributed by atoms with Crippen LogP contribution in [0, 0.1) is 5.82 Å². The van der Waals surface area contributed by atoms with Gasteiger partial charge >= 0.3 is 0 Å². The molecule has 0 aromatic carbocycles. The monoisotopic (exact) mass is 306 g/mol. The van der Waals surface area contributed by atoms with Gasteiger partial charge in [-0.3, -0.25) is 9.67 Å². The lowest BCUT2D eigenvalue weighted by Crippen LogP contribution is -2.26. The lowest BCUT2D eigenvalue weighted by Gasteiger charge is -2.09. The van der Waals surface area contributed by atoms with E-state index in [9.17, 15) is 4.39 Å². The minimum atomic E-state index is -0.336. The molecule has 0 saturated carbocycles. The average Bonchev–Trinajstić information content (AvgIpc) is 2.78. The highest BCUT2D eigenvalue weighted by molar-refractivity contribution is 5.85. The molecule has 2 heterocycles. The highest BCUT2D eigenvalue weighted by atomic mass is 35.5. The van der Waals surface area contributed by atoms with Crippen molar-refractivity contribution >= 4 is 24.8 Å². The summed E-state index contributed by atoms with van der Waals surface area (Å²) in [6.45, 7) is 2.87. The largest absolute Gasteiger partial charge is 0.315 e. The van der Waals surface area contributed by atoms with Crippen LogP contribution in [-0.4, -0.2) is 27.9 Å². The molecular formula is C12H17Cl2FN4. The van der Waals surface area contributed by atoms with Crippen molar-refractivity contribution in [1.82, 2.24) is 20.1 Å². The Morgan fingerprint density at radius 2 is 2.00 bits per heavy atom. The lowest BCUT2D eigenvalue weighted by atomic mass is 10.3. The molecule has 0 aliphatic carbocycles. The maximum atomic E-state index is 12.7. The molecule has 106 valence electrons. The summed E-state index contributed by atoms with van der Waals surface area (Å²) >= 11 is 0. The summed E-state index contributed by atoms with van der Waals surface area (Å²) < 4.78 is 14.6. The van der Waals surface area contributed by atoms with Crippen molar-refractivity contribution in [3.05, 3.63) is 36.4 Å². The zero-order valence-corrected chi connectivity index (χ0v) is 12.3. The number of halogens is 3. The molecule has 0 aliphatic heterocycles. The van der Waals surface area contributed by atoms with Gasteiger partial charge in [-0.2, -0.15) is 5.10 Å². The standard InChI is InChI=1S/C12H15FN4.2ClH/c1-9(14-2)8-17-6-5-12(16-17)11-4-3-10(13)7-15-11;;/h3-7,9,14H,8H2,1-2H3;2*1H/t9-;;/m0../s1. The normalized spacial score (nSPS) is 11.3. The fourth-order valence-corrected chi connectivity index (χ4v) is 1.50. The Kier molecular flexibility index (Phi) is 7.59. The van der Waals surface area contributed by atoms with Crippen LogP contribution in [0.2, 0.25) is 0 Å². The van der Waals surface area contributed by atoms with E-state index in [4.69, 9.17) is 0 Å². The van der Waals surface area contributed by atoms with Crippen molar-refractivity contribution in [2.24, 2.45) is 0 Å². The van der Waals surface area contributed by atoms with E-state index in [1.165, 1.54) is 12.3 Å². The first-order valence-electron chi connectivity index (χ1n) is 5.51. The van der Waals surface area contributed by atoms with Crippen LogP contribution in [0.1, 0.15) is 6.92 Å². The third-order valence-corrected chi connectivity index (χ3v) is 2.58. The fraction of sp³-hybridized carbons (Fsp3) is 0.333. The number of nitrogens with zero attached hydrogens (tertiary/aromatic N) is 3. The first-order chi connectivity index (χ1) is 8.19. The summed E-state index contributed by atoms with van der Waals surface area (Å²) in [6.07, 6.45) is 3.10. The zero-order chi connectivity index (χ0) is 12.3. The molecule has 0 bridgehead atoms. The van der Waals surface area contributed by atoms with Crippen LogP contribution in [-0.2, 0) is 6.54 Å². The number of aromatic nitrogens is 3. The highest BCUT2D eigenvalue weighted by Crippen LogP contribution is 2.13. The summed E-state index contributed by atoms with van der Waals surface area (Å²) in [4.78, 5) is 3.99. The highest BCUT2D eigenvalue weighted by Gasteiger charge is 2.05. The van der Waals surface area contributed by atoms with Gasteiger partial charge in [0.25, 0.3) is 0 Å². The van der Waals surface area contributed by atoms with E-state index in [2.05, 4.69) is 22.3 Å². The number of pyridine rings is 1. The SMILES string of the molecule is CN[C@@H](C)Cn1ccc(-c2ccc(F)cn2)n1.Cl.Cl. The van der Waals surface area contributed by atoms with Crippen LogP contribution in [0.3, 0.4) is 0 Å². The van der Waals surface area contributed by atoms with E-state index in [1.807, 2.05) is 24.0 Å². The molecule has 0 amide bonds. The van der Waals surface area contributed by atoms with Gasteiger partial charge in [0.2, 0.25) is 0 Å². The summed E-state index contributed by atoms with van der Waals surface area (Å²) in [7, 11) is 1.91. The summed E-state index contributed by atoms with van der Waals surface area (Å²) in [5.74, 6) is -0.336. The Labute approximate surface area is 124 Å². The number of rotatable bonds is 4. The molecule has 7 heteroatoms. The average molecular weight is 307 g/mol. The van der Waals surface area contributed by atoms with Gasteiger partial charge in [0, 0.05) is 12.2 Å². The summed E-state index contributed by atoms with van der Waals surface area (Å²) in [6, 6.07) is 5.24. The minimum absolute atomic E-state index is 0. The van der Waals surface area contributed by atoms with Gasteiger partial charge in [0.15, 0.2) is 0 Å². The van der Waals surface area contributed by atoms with Crippen LogP contribution < -0.4 is 5.32 Å². The quantitative estimate of drug-likeness (QED) is 0.944. The third kappa shape index (κ3) is 4.78. The molecule has 0 aliphatic rings. The van der Waals surface area contributed by atoms with E-state index in [0.717, 1.165) is 12.2 Å². The van der Waals surface area contributed by atoms with Crippen molar-refractivity contribution < 1.29 is 4.39 Å². The second-order valence-corrected chi connectivity index (χ2v) is 3.97. The number of nitrogens with one attached hydrogen (secondary N) is 1. The summed E-state index contributed by atoms with van der Waals surface area (Å²) in [5, 5.41) is 7.53. The molecule has 2 aromatic heterocycles. The smallest absolute Gasteiger partial charge is 0.141 e. The first kappa shape index (κ1) is 17.8. The minimum Gasteiger partial charge on any atom is -0.315 e. The maximum absolute atomic E-state index is 12.7. The molecule has 1 N–H and O–H groups in total. The Morgan fingerprint density at radius 1 is 1.26 bits per heavy atom. The Balaban J connectivity index is 0.00000162. The molecule has 2 aromatic rings. The fourth-order valence-electron chi connectivity index (χ4n) is 1.50. The second-order valence-electron chi connectivity index (χ2n) is 3.97. The predicted molar refractivity (Wildman–Crippen MR) is 78.4 cm³/mol. The van der Waals surface area contributed by atoms with Crippen molar-refractivity contribution in [2.75, 3.05) is 7.05 Å². The summed E-state index contributed by atoms with van der Waals surface area (Å²) in [5.41, 5.74) is 1.44. The lowest BCUT2D eigenvalue weighted by molar-refractivity contribution is 0.482. The van der Waals surface area contributed by atoms with Crippen molar-refractivity contribution in [1.29, 1.82) is 0 Å². The molecule has 1 atom stereocenters. The van der Waals surface area contributed by atoms with E-state index in [1.54, 1.807) is 6.07 Å². The van der Waals surface area contributed by atoms with Gasteiger partial charge in [0.1, 0.15) is 11.5 Å². The second kappa shape index (κ2) is 8.09. The van der Waals surface area contributed by atoms with E-state index in [0.29, 0.717) is 11.7 Å². The van der Waals surface area contributed by atoms with Crippen LogP contribution in [0.25, 0.3) is 11.4 Å². The van der Waals surface area contributed by atoms with E-state index >= 15 is 0 Å². The Hall–Kier alpha value is -1.17. The number of hydrogen-bond acceptors (Lipinski definition) is 3. The van der Waals surface area contributed by atoms with Gasteiger partial charge < -0.3 is 5.32 Å². The van der Waals surface area contributed by atoms with Crippen molar-refractivity contribution in [2.45, 2.75) is 19.5 Å². The molecule has 2 rings (SSSR count). The molecular weight excluding hydrogens is 290 g/mol. The van der Waals surface area contributed by atoms with E-state index < -0.39 is 0 Å². The van der Waals surface area contributed by atoms with Gasteiger partial charge in [-0.15, -0.1) is 24.8 Å². The molecule has 0 spiro atoms. The molecule has 0 unspecified atom stereocenters. The van der Waals surface area contributed by atoms with E-state index in [-0.39, 0.29) is 30.6 Å². The molecule has 0 saturated heterocycles. The molecule has 4 nitrogen and oxygen atoms in total. The van der Waals surface area contributed by atoms with Crippen molar-refractivity contribution in [3.63, 3.8) is 0 Å². The van der Waals surface area contributed by atoms with Crippen LogP contribution in [0.5, 0.6) is 0 Å². The Bertz CT molecular complexity index is 487.